The Morgan fingerprint density at radius 2 is 2.00 bits per heavy atom. The number of benzene rings is 2. The third kappa shape index (κ3) is 4.34. The predicted octanol–water partition coefficient (Wildman–Crippen LogP) is 3.30. The van der Waals surface area contributed by atoms with Crippen molar-refractivity contribution in [1.29, 1.82) is 0 Å². The molecule has 0 radical (unpaired) electrons. The summed E-state index contributed by atoms with van der Waals surface area (Å²) in [6.45, 7) is 0.392. The van der Waals surface area contributed by atoms with Crippen molar-refractivity contribution in [2.24, 2.45) is 5.73 Å². The van der Waals surface area contributed by atoms with Crippen molar-refractivity contribution in [3.8, 4) is 17.6 Å². The van der Waals surface area contributed by atoms with Gasteiger partial charge >= 0.3 is 0 Å². The van der Waals surface area contributed by atoms with Gasteiger partial charge in [0.2, 0.25) is 0 Å². The van der Waals surface area contributed by atoms with Crippen LogP contribution in [0.5, 0.6) is 5.75 Å². The number of hydrogen-bond donors (Lipinski definition) is 1. The Bertz CT molecular complexity index is 628. The van der Waals surface area contributed by atoms with Crippen LogP contribution in [0.3, 0.4) is 0 Å². The molecule has 0 bridgehead atoms. The average Bonchev–Trinajstić information content (AvgIpc) is 2.51. The molecule has 0 spiro atoms. The van der Waals surface area contributed by atoms with Gasteiger partial charge in [-0.1, -0.05) is 30.0 Å². The minimum absolute atomic E-state index is 0.392. The molecule has 0 amide bonds. The number of methoxy groups -OCH3 is 1. The van der Waals surface area contributed by atoms with Crippen molar-refractivity contribution >= 4 is 11.8 Å². The van der Waals surface area contributed by atoms with Gasteiger partial charge in [-0.2, -0.15) is 0 Å². The van der Waals surface area contributed by atoms with Crippen molar-refractivity contribution in [2.75, 3.05) is 13.7 Å². The van der Waals surface area contributed by atoms with Crippen LogP contribution in [0.4, 0.5) is 0 Å². The molecule has 3 heteroatoms. The summed E-state index contributed by atoms with van der Waals surface area (Å²) in [4.78, 5) is 1.20. The van der Waals surface area contributed by atoms with Crippen molar-refractivity contribution in [3.05, 3.63) is 59.7 Å². The van der Waals surface area contributed by atoms with E-state index in [1.807, 2.05) is 30.3 Å². The van der Waals surface area contributed by atoms with Crippen molar-refractivity contribution in [2.45, 2.75) is 10.6 Å². The van der Waals surface area contributed by atoms with Crippen LogP contribution in [-0.4, -0.2) is 13.7 Å². The van der Waals surface area contributed by atoms with E-state index in [0.717, 1.165) is 17.1 Å². The highest BCUT2D eigenvalue weighted by Gasteiger charge is 1.99. The van der Waals surface area contributed by atoms with E-state index >= 15 is 0 Å². The molecule has 0 aliphatic carbocycles. The quantitative estimate of drug-likeness (QED) is 0.691. The van der Waals surface area contributed by atoms with Crippen molar-refractivity contribution < 1.29 is 4.74 Å². The molecule has 2 aromatic carbocycles. The van der Waals surface area contributed by atoms with E-state index in [1.165, 1.54) is 10.5 Å². The zero-order chi connectivity index (χ0) is 14.2. The van der Waals surface area contributed by atoms with Gasteiger partial charge in [0, 0.05) is 16.2 Å². The fourth-order valence-corrected chi connectivity index (χ4v) is 2.64. The molecule has 0 aliphatic heterocycles. The smallest absolute Gasteiger partial charge is 0.119 e. The lowest BCUT2D eigenvalue weighted by molar-refractivity contribution is 0.413. The van der Waals surface area contributed by atoms with Crippen molar-refractivity contribution in [1.82, 2.24) is 0 Å². The maximum Gasteiger partial charge on any atom is 0.119 e. The summed E-state index contributed by atoms with van der Waals surface area (Å²) in [6.07, 6.45) is 0. The molecule has 0 aliphatic rings. The minimum atomic E-state index is 0.392. The lowest BCUT2D eigenvalue weighted by atomic mass is 10.1. The van der Waals surface area contributed by atoms with Crippen LogP contribution in [0.2, 0.25) is 0 Å². The minimum Gasteiger partial charge on any atom is -0.497 e. The Labute approximate surface area is 124 Å². The van der Waals surface area contributed by atoms with Gasteiger partial charge in [-0.25, -0.2) is 0 Å². The summed E-state index contributed by atoms with van der Waals surface area (Å²) in [5.41, 5.74) is 7.65. The summed E-state index contributed by atoms with van der Waals surface area (Å²) in [5, 5.41) is 0. The second-order valence-corrected chi connectivity index (χ2v) is 5.22. The third-order valence-corrected chi connectivity index (χ3v) is 3.77. The normalized spacial score (nSPS) is 9.70. The van der Waals surface area contributed by atoms with Crippen LogP contribution < -0.4 is 10.5 Å². The highest BCUT2D eigenvalue weighted by molar-refractivity contribution is 7.98. The van der Waals surface area contributed by atoms with E-state index in [0.29, 0.717) is 6.54 Å². The Kier molecular flexibility index (Phi) is 5.55. The highest BCUT2D eigenvalue weighted by Crippen LogP contribution is 2.26. The fraction of sp³-hybridized carbons (Fsp3) is 0.176. The van der Waals surface area contributed by atoms with Gasteiger partial charge in [0.1, 0.15) is 5.75 Å². The summed E-state index contributed by atoms with van der Waals surface area (Å²) < 4.78 is 5.23. The molecule has 2 nitrogen and oxygen atoms in total. The molecule has 0 heterocycles. The number of ether oxygens (including phenoxy) is 1. The van der Waals surface area contributed by atoms with Crippen LogP contribution in [0.1, 0.15) is 11.1 Å². The van der Waals surface area contributed by atoms with E-state index in [-0.39, 0.29) is 0 Å². The van der Waals surface area contributed by atoms with E-state index in [9.17, 15) is 0 Å². The molecule has 0 atom stereocenters. The lowest BCUT2D eigenvalue weighted by Crippen LogP contribution is -1.93. The van der Waals surface area contributed by atoms with E-state index in [2.05, 4.69) is 30.0 Å². The summed E-state index contributed by atoms with van der Waals surface area (Å²) >= 11 is 1.78. The molecule has 0 unspecified atom stereocenters. The van der Waals surface area contributed by atoms with Gasteiger partial charge < -0.3 is 10.5 Å². The number of rotatable bonds is 4. The maximum absolute atomic E-state index is 5.39. The topological polar surface area (TPSA) is 35.2 Å². The van der Waals surface area contributed by atoms with Crippen LogP contribution in [0.15, 0.2) is 53.4 Å². The van der Waals surface area contributed by atoms with Gasteiger partial charge in [0.05, 0.1) is 13.7 Å². The molecule has 2 rings (SSSR count). The fourth-order valence-electron chi connectivity index (χ4n) is 1.75. The van der Waals surface area contributed by atoms with E-state index in [4.69, 9.17) is 10.5 Å². The monoisotopic (exact) mass is 283 g/mol. The largest absolute Gasteiger partial charge is 0.497 e. The second-order valence-electron chi connectivity index (χ2n) is 4.17. The van der Waals surface area contributed by atoms with Crippen LogP contribution in [0.25, 0.3) is 0 Å². The SMILES string of the molecule is COc1cccc(SCc2cccc(C#CCN)c2)c1. The molecule has 2 aromatic rings. The molecular weight excluding hydrogens is 266 g/mol. The molecule has 0 saturated carbocycles. The zero-order valence-electron chi connectivity index (χ0n) is 11.4. The number of thioether (sulfide) groups is 1. The first kappa shape index (κ1) is 14.5. The summed E-state index contributed by atoms with van der Waals surface area (Å²) in [5.74, 6) is 7.73. The van der Waals surface area contributed by atoms with Gasteiger partial charge in [0.25, 0.3) is 0 Å². The Morgan fingerprint density at radius 1 is 1.15 bits per heavy atom. The average molecular weight is 283 g/mol. The van der Waals surface area contributed by atoms with Gasteiger partial charge in [-0.3, -0.25) is 0 Å². The zero-order valence-corrected chi connectivity index (χ0v) is 12.2. The van der Waals surface area contributed by atoms with Crippen LogP contribution in [-0.2, 0) is 5.75 Å². The molecule has 0 saturated heterocycles. The van der Waals surface area contributed by atoms with Gasteiger partial charge in [-0.15, -0.1) is 11.8 Å². The molecule has 0 aromatic heterocycles. The number of hydrogen-bond acceptors (Lipinski definition) is 3. The molecule has 0 fully saturated rings. The first-order valence-corrected chi connectivity index (χ1v) is 7.35. The molecular formula is C17H17NOS. The first-order valence-electron chi connectivity index (χ1n) is 6.36. The second kappa shape index (κ2) is 7.64. The molecule has 102 valence electrons. The molecule has 20 heavy (non-hydrogen) atoms. The summed E-state index contributed by atoms with van der Waals surface area (Å²) in [7, 11) is 1.68. The lowest BCUT2D eigenvalue weighted by Gasteiger charge is -2.05. The van der Waals surface area contributed by atoms with Crippen LogP contribution >= 0.6 is 11.8 Å². The van der Waals surface area contributed by atoms with Gasteiger partial charge in [-0.05, 0) is 35.9 Å². The van der Waals surface area contributed by atoms with E-state index < -0.39 is 0 Å². The highest BCUT2D eigenvalue weighted by atomic mass is 32.2. The Hall–Kier alpha value is -1.89. The maximum atomic E-state index is 5.39. The first-order chi connectivity index (χ1) is 9.81. The Morgan fingerprint density at radius 3 is 2.80 bits per heavy atom. The third-order valence-electron chi connectivity index (χ3n) is 2.71. The Balaban J connectivity index is 2.03. The standard InChI is InChI=1S/C17H17NOS/c1-19-16-8-3-9-17(12-16)20-13-15-6-2-5-14(11-15)7-4-10-18/h2-3,5-6,8-9,11-12H,10,13,18H2,1H3. The summed E-state index contributed by atoms with van der Waals surface area (Å²) in [6, 6.07) is 16.3. The molecule has 2 N–H and O–H groups in total. The predicted molar refractivity (Wildman–Crippen MR) is 84.9 cm³/mol. The number of nitrogens with two attached hydrogens (primary N) is 1. The van der Waals surface area contributed by atoms with Gasteiger partial charge in [0.15, 0.2) is 0 Å². The van der Waals surface area contributed by atoms with E-state index in [1.54, 1.807) is 18.9 Å². The van der Waals surface area contributed by atoms with Crippen LogP contribution in [0, 0.1) is 11.8 Å². The van der Waals surface area contributed by atoms with Crippen molar-refractivity contribution in [3.63, 3.8) is 0 Å².